The largest absolute Gasteiger partial charge is 0.482 e. The van der Waals surface area contributed by atoms with E-state index in [0.29, 0.717) is 16.9 Å². The average Bonchev–Trinajstić information content (AvgIpc) is 3.27. The van der Waals surface area contributed by atoms with Crippen molar-refractivity contribution in [1.29, 1.82) is 0 Å². The van der Waals surface area contributed by atoms with Gasteiger partial charge in [-0.15, -0.1) is 10.2 Å². The highest BCUT2D eigenvalue weighted by Gasteiger charge is 2.42. The predicted molar refractivity (Wildman–Crippen MR) is 124 cm³/mol. The molecule has 0 atom stereocenters. The van der Waals surface area contributed by atoms with Gasteiger partial charge in [-0.2, -0.15) is 13.8 Å². The van der Waals surface area contributed by atoms with E-state index < -0.39 is 12.0 Å². The first kappa shape index (κ1) is 22.8. The van der Waals surface area contributed by atoms with E-state index in [9.17, 15) is 13.6 Å². The van der Waals surface area contributed by atoms with E-state index in [4.69, 9.17) is 4.74 Å². The summed E-state index contributed by atoms with van der Waals surface area (Å²) in [4.78, 5) is 20.7. The number of rotatable bonds is 8. The van der Waals surface area contributed by atoms with Crippen molar-refractivity contribution >= 4 is 22.9 Å². The first-order valence-corrected chi connectivity index (χ1v) is 10.6. The number of amides is 1. The molecule has 10 nitrogen and oxygen atoms in total. The number of pyridine rings is 1. The standard InChI is InChI=1S/C24H17F2N7O3/c25-24(26,36-18-11-5-2-6-12-18)22(34)29-20-13-7-8-16(28-20)15-35-23-30-21-19(14-27-32-31-21)33(23)17-9-3-1-4-10-17/h1-14H,15H2,(H,28,29,34). The Morgan fingerprint density at radius 3 is 2.47 bits per heavy atom. The minimum absolute atomic E-state index is 0.0718. The summed E-state index contributed by atoms with van der Waals surface area (Å²) in [7, 11) is 0. The van der Waals surface area contributed by atoms with Crippen LogP contribution in [0.15, 0.2) is 85.1 Å². The van der Waals surface area contributed by atoms with E-state index in [-0.39, 0.29) is 24.2 Å². The van der Waals surface area contributed by atoms with E-state index in [0.717, 1.165) is 5.69 Å². The van der Waals surface area contributed by atoms with Crippen LogP contribution in [0.1, 0.15) is 5.69 Å². The van der Waals surface area contributed by atoms with Crippen molar-refractivity contribution in [3.8, 4) is 17.4 Å². The third-order valence-electron chi connectivity index (χ3n) is 4.90. The molecule has 0 fully saturated rings. The molecule has 0 unspecified atom stereocenters. The number of carbonyl (C=O) groups excluding carboxylic acids is 1. The maximum Gasteiger partial charge on any atom is 0.482 e. The number of hydrogen-bond acceptors (Lipinski definition) is 8. The van der Waals surface area contributed by atoms with E-state index in [1.54, 1.807) is 22.8 Å². The number of benzene rings is 2. The van der Waals surface area contributed by atoms with Crippen LogP contribution >= 0.6 is 0 Å². The van der Waals surface area contributed by atoms with Crippen molar-refractivity contribution in [2.24, 2.45) is 0 Å². The number of hydrogen-bond donors (Lipinski definition) is 1. The normalized spacial score (nSPS) is 11.3. The summed E-state index contributed by atoms with van der Waals surface area (Å²) < 4.78 is 40.6. The molecule has 3 aromatic heterocycles. The van der Waals surface area contributed by atoms with Crippen LogP contribution in [0.25, 0.3) is 16.9 Å². The molecule has 1 amide bonds. The fourth-order valence-electron chi connectivity index (χ4n) is 3.30. The van der Waals surface area contributed by atoms with Crippen LogP contribution in [-0.2, 0) is 11.4 Å². The van der Waals surface area contributed by atoms with Gasteiger partial charge < -0.3 is 14.8 Å². The summed E-state index contributed by atoms with van der Waals surface area (Å²) in [6, 6.07) is 21.4. The second kappa shape index (κ2) is 9.70. The number of halogens is 2. The van der Waals surface area contributed by atoms with Crippen LogP contribution < -0.4 is 14.8 Å². The number of imidazole rings is 1. The number of alkyl halides is 2. The Hall–Kier alpha value is -5.00. The Labute approximate surface area is 202 Å². The summed E-state index contributed by atoms with van der Waals surface area (Å²) in [5, 5.41) is 13.4. The van der Waals surface area contributed by atoms with Crippen LogP contribution in [-0.4, -0.2) is 42.0 Å². The van der Waals surface area contributed by atoms with E-state index in [1.807, 2.05) is 30.3 Å². The Morgan fingerprint density at radius 1 is 0.944 bits per heavy atom. The summed E-state index contributed by atoms with van der Waals surface area (Å²) >= 11 is 0. The van der Waals surface area contributed by atoms with Crippen LogP contribution in [0.5, 0.6) is 11.8 Å². The fourth-order valence-corrected chi connectivity index (χ4v) is 3.30. The molecular formula is C24H17F2N7O3. The Balaban J connectivity index is 1.32. The lowest BCUT2D eigenvalue weighted by Crippen LogP contribution is -2.40. The molecular weight excluding hydrogens is 472 g/mol. The number of nitrogens with zero attached hydrogens (tertiary/aromatic N) is 6. The molecule has 0 aliphatic heterocycles. The van der Waals surface area contributed by atoms with Gasteiger partial charge in [0.05, 0.1) is 17.6 Å². The highest BCUT2D eigenvalue weighted by Crippen LogP contribution is 2.25. The van der Waals surface area contributed by atoms with Gasteiger partial charge in [0, 0.05) is 0 Å². The molecule has 5 aromatic rings. The molecule has 0 spiro atoms. The highest BCUT2D eigenvalue weighted by atomic mass is 19.3. The summed E-state index contributed by atoms with van der Waals surface area (Å²) in [6.07, 6.45) is -2.59. The highest BCUT2D eigenvalue weighted by molar-refractivity contribution is 5.94. The van der Waals surface area contributed by atoms with E-state index in [1.165, 1.54) is 36.5 Å². The molecule has 3 heterocycles. The third-order valence-corrected chi connectivity index (χ3v) is 4.90. The topological polar surface area (TPSA) is 117 Å². The summed E-state index contributed by atoms with van der Waals surface area (Å²) in [5.41, 5.74) is 2.04. The second-order valence-electron chi connectivity index (χ2n) is 7.40. The molecule has 0 bridgehead atoms. The van der Waals surface area contributed by atoms with Gasteiger partial charge in [-0.3, -0.25) is 9.36 Å². The van der Waals surface area contributed by atoms with Gasteiger partial charge in [0.1, 0.15) is 23.7 Å². The molecule has 180 valence electrons. The Morgan fingerprint density at radius 2 is 1.69 bits per heavy atom. The summed E-state index contributed by atoms with van der Waals surface area (Å²) in [6.45, 7) is -0.0718. The van der Waals surface area contributed by atoms with Gasteiger partial charge in [-0.05, 0) is 41.6 Å². The number of aromatic nitrogens is 6. The molecule has 0 saturated heterocycles. The van der Waals surface area contributed by atoms with Gasteiger partial charge in [0.25, 0.3) is 0 Å². The molecule has 1 N–H and O–H groups in total. The minimum atomic E-state index is -4.11. The fraction of sp³-hybridized carbons (Fsp3) is 0.0833. The predicted octanol–water partition coefficient (Wildman–Crippen LogP) is 3.79. The number of anilines is 1. The number of carbonyl (C=O) groups is 1. The van der Waals surface area contributed by atoms with Crippen LogP contribution in [0.3, 0.4) is 0 Å². The number of fused-ring (bicyclic) bond motifs is 1. The summed E-state index contributed by atoms with van der Waals surface area (Å²) in [5.74, 6) is -1.90. The van der Waals surface area contributed by atoms with Crippen LogP contribution in [0, 0.1) is 0 Å². The average molecular weight is 489 g/mol. The number of para-hydroxylation sites is 2. The van der Waals surface area contributed by atoms with Crippen LogP contribution in [0.2, 0.25) is 0 Å². The first-order valence-electron chi connectivity index (χ1n) is 10.6. The van der Waals surface area contributed by atoms with Crippen molar-refractivity contribution in [2.45, 2.75) is 12.7 Å². The molecule has 5 rings (SSSR count). The quantitative estimate of drug-likeness (QED) is 0.350. The van der Waals surface area contributed by atoms with Gasteiger partial charge in [0.15, 0.2) is 0 Å². The molecule has 0 aliphatic rings. The zero-order chi connectivity index (χ0) is 25.0. The van der Waals surface area contributed by atoms with Crippen molar-refractivity contribution in [3.05, 3.63) is 90.8 Å². The molecule has 0 radical (unpaired) electrons. The van der Waals surface area contributed by atoms with E-state index in [2.05, 4.69) is 35.4 Å². The van der Waals surface area contributed by atoms with Crippen molar-refractivity contribution < 1.29 is 23.0 Å². The second-order valence-corrected chi connectivity index (χ2v) is 7.40. The van der Waals surface area contributed by atoms with Gasteiger partial charge in [-0.1, -0.05) is 42.5 Å². The Bertz CT molecular complexity index is 1500. The monoisotopic (exact) mass is 489 g/mol. The maximum absolute atomic E-state index is 14.3. The van der Waals surface area contributed by atoms with Crippen molar-refractivity contribution in [1.82, 2.24) is 29.9 Å². The van der Waals surface area contributed by atoms with Gasteiger partial charge in [0.2, 0.25) is 5.65 Å². The number of nitrogens with one attached hydrogen (secondary N) is 1. The zero-order valence-corrected chi connectivity index (χ0v) is 18.5. The number of ether oxygens (including phenoxy) is 2. The smallest absolute Gasteiger partial charge is 0.458 e. The molecule has 2 aromatic carbocycles. The molecule has 12 heteroatoms. The van der Waals surface area contributed by atoms with Gasteiger partial charge in [-0.25, -0.2) is 4.98 Å². The zero-order valence-electron chi connectivity index (χ0n) is 18.5. The first-order chi connectivity index (χ1) is 17.5. The molecule has 36 heavy (non-hydrogen) atoms. The van der Waals surface area contributed by atoms with Crippen molar-refractivity contribution in [3.63, 3.8) is 0 Å². The van der Waals surface area contributed by atoms with Crippen molar-refractivity contribution in [2.75, 3.05) is 5.32 Å². The third kappa shape index (κ3) is 4.92. The molecule has 0 saturated carbocycles. The Kier molecular flexibility index (Phi) is 6.14. The maximum atomic E-state index is 14.3. The van der Waals surface area contributed by atoms with Gasteiger partial charge >= 0.3 is 18.0 Å². The van der Waals surface area contributed by atoms with Crippen LogP contribution in [0.4, 0.5) is 14.6 Å². The SMILES string of the molecule is O=C(Nc1cccc(COc2nc3nnncc3n2-c2ccccc2)n1)C(F)(F)Oc1ccccc1. The lowest BCUT2D eigenvalue weighted by molar-refractivity contribution is -0.187. The minimum Gasteiger partial charge on any atom is -0.458 e. The lowest BCUT2D eigenvalue weighted by Gasteiger charge is -2.17. The van der Waals surface area contributed by atoms with E-state index >= 15 is 0 Å². The lowest BCUT2D eigenvalue weighted by atomic mass is 10.3. The molecule has 0 aliphatic carbocycles.